The number of rotatable bonds is 4. The highest BCUT2D eigenvalue weighted by atomic mass is 16.3. The van der Waals surface area contributed by atoms with Crippen LogP contribution in [0.25, 0.3) is 0 Å². The maximum Gasteiger partial charge on any atom is 0.244 e. The van der Waals surface area contributed by atoms with Crippen molar-refractivity contribution in [2.24, 2.45) is 0 Å². The Kier molecular flexibility index (Phi) is 3.42. The zero-order chi connectivity index (χ0) is 12.3. The number of aromatic nitrogens is 3. The van der Waals surface area contributed by atoms with Crippen LogP contribution in [0.1, 0.15) is 25.7 Å². The smallest absolute Gasteiger partial charge is 0.244 e. The Bertz CT molecular complexity index is 371. The molecular formula is C11H18N4O2. The number of carbonyl (C=O) groups excluding carboxylic acids is 1. The van der Waals surface area contributed by atoms with Crippen molar-refractivity contribution >= 4 is 5.91 Å². The molecule has 0 saturated heterocycles. The number of aliphatic hydroxyl groups is 1. The van der Waals surface area contributed by atoms with Gasteiger partial charge in [-0.25, -0.2) is 4.68 Å². The Morgan fingerprint density at radius 3 is 2.82 bits per heavy atom. The van der Waals surface area contributed by atoms with E-state index >= 15 is 0 Å². The van der Waals surface area contributed by atoms with Gasteiger partial charge in [0.25, 0.3) is 0 Å². The molecule has 2 rings (SSSR count). The molecular weight excluding hydrogens is 220 g/mol. The van der Waals surface area contributed by atoms with Gasteiger partial charge in [-0.2, -0.15) is 0 Å². The topological polar surface area (TPSA) is 71.2 Å². The molecule has 1 N–H and O–H groups in total. The van der Waals surface area contributed by atoms with Gasteiger partial charge in [-0.15, -0.1) is 5.10 Å². The molecule has 1 heterocycles. The minimum atomic E-state index is -0.688. The number of hydrogen-bond donors (Lipinski definition) is 1. The SMILES string of the molecule is CN(CC1(O)CCCC1)C(=O)Cn1ccnn1. The van der Waals surface area contributed by atoms with Crippen LogP contribution in [-0.4, -0.2) is 50.1 Å². The predicted molar refractivity (Wildman–Crippen MR) is 61.1 cm³/mol. The third-order valence-corrected chi connectivity index (χ3v) is 3.26. The lowest BCUT2D eigenvalue weighted by Gasteiger charge is -2.28. The first-order valence-corrected chi connectivity index (χ1v) is 5.89. The van der Waals surface area contributed by atoms with Crippen molar-refractivity contribution in [1.82, 2.24) is 19.9 Å². The van der Waals surface area contributed by atoms with Crippen LogP contribution in [0.2, 0.25) is 0 Å². The molecule has 0 spiro atoms. The summed E-state index contributed by atoms with van der Waals surface area (Å²) in [5.74, 6) is -0.0594. The molecule has 0 atom stereocenters. The molecule has 1 aliphatic rings. The molecule has 0 unspecified atom stereocenters. The average molecular weight is 238 g/mol. The maximum absolute atomic E-state index is 11.9. The van der Waals surface area contributed by atoms with Gasteiger partial charge < -0.3 is 10.0 Å². The number of hydrogen-bond acceptors (Lipinski definition) is 4. The van der Waals surface area contributed by atoms with Gasteiger partial charge in [0, 0.05) is 19.8 Å². The maximum atomic E-state index is 11.9. The van der Waals surface area contributed by atoms with Crippen LogP contribution in [0.5, 0.6) is 0 Å². The van der Waals surface area contributed by atoms with E-state index in [1.165, 1.54) is 10.9 Å². The van der Waals surface area contributed by atoms with Crippen LogP contribution >= 0.6 is 0 Å². The summed E-state index contributed by atoms with van der Waals surface area (Å²) in [4.78, 5) is 13.4. The molecule has 94 valence electrons. The van der Waals surface area contributed by atoms with E-state index in [4.69, 9.17) is 0 Å². The van der Waals surface area contributed by atoms with Crippen molar-refractivity contribution in [2.45, 2.75) is 37.8 Å². The fraction of sp³-hybridized carbons (Fsp3) is 0.727. The standard InChI is InChI=1S/C11H18N4O2/c1-14(9-11(17)4-2-3-5-11)10(16)8-15-7-6-12-13-15/h6-7,17H,2-5,8-9H2,1H3. The first-order chi connectivity index (χ1) is 8.09. The van der Waals surface area contributed by atoms with E-state index in [0.717, 1.165) is 25.7 Å². The Balaban J connectivity index is 1.87. The van der Waals surface area contributed by atoms with Crippen LogP contribution in [0.15, 0.2) is 12.4 Å². The molecule has 1 aliphatic carbocycles. The molecule has 6 heteroatoms. The van der Waals surface area contributed by atoms with Crippen LogP contribution < -0.4 is 0 Å². The van der Waals surface area contributed by atoms with E-state index in [2.05, 4.69) is 10.3 Å². The fourth-order valence-corrected chi connectivity index (χ4v) is 2.30. The van der Waals surface area contributed by atoms with Crippen molar-refractivity contribution in [2.75, 3.05) is 13.6 Å². The van der Waals surface area contributed by atoms with Gasteiger partial charge in [0.2, 0.25) is 5.91 Å². The van der Waals surface area contributed by atoms with Gasteiger partial charge >= 0.3 is 0 Å². The molecule has 1 aromatic heterocycles. The zero-order valence-corrected chi connectivity index (χ0v) is 10.0. The minimum Gasteiger partial charge on any atom is -0.388 e. The van der Waals surface area contributed by atoms with Gasteiger partial charge in [-0.1, -0.05) is 18.1 Å². The van der Waals surface area contributed by atoms with Crippen molar-refractivity contribution < 1.29 is 9.90 Å². The van der Waals surface area contributed by atoms with E-state index in [1.807, 2.05) is 0 Å². The highest BCUT2D eigenvalue weighted by molar-refractivity contribution is 5.75. The van der Waals surface area contributed by atoms with Crippen LogP contribution in [0, 0.1) is 0 Å². The lowest BCUT2D eigenvalue weighted by atomic mass is 10.0. The molecule has 0 radical (unpaired) electrons. The first kappa shape index (κ1) is 12.0. The second kappa shape index (κ2) is 4.83. The van der Waals surface area contributed by atoms with Crippen molar-refractivity contribution in [3.05, 3.63) is 12.4 Å². The first-order valence-electron chi connectivity index (χ1n) is 5.89. The molecule has 0 aromatic carbocycles. The van der Waals surface area contributed by atoms with E-state index in [-0.39, 0.29) is 12.5 Å². The Hall–Kier alpha value is -1.43. The van der Waals surface area contributed by atoms with E-state index in [1.54, 1.807) is 18.1 Å². The monoisotopic (exact) mass is 238 g/mol. The summed E-state index contributed by atoms with van der Waals surface area (Å²) >= 11 is 0. The molecule has 17 heavy (non-hydrogen) atoms. The highest BCUT2D eigenvalue weighted by Crippen LogP contribution is 2.29. The van der Waals surface area contributed by atoms with Gasteiger partial charge in [-0.3, -0.25) is 4.79 Å². The number of amides is 1. The summed E-state index contributed by atoms with van der Waals surface area (Å²) in [7, 11) is 1.72. The molecule has 0 aliphatic heterocycles. The lowest BCUT2D eigenvalue weighted by Crippen LogP contribution is -2.43. The van der Waals surface area contributed by atoms with E-state index in [9.17, 15) is 9.90 Å². The molecule has 0 bridgehead atoms. The van der Waals surface area contributed by atoms with Gasteiger partial charge in [0.05, 0.1) is 11.8 Å². The average Bonchev–Trinajstić information content (AvgIpc) is 2.90. The normalized spacial score (nSPS) is 18.2. The lowest BCUT2D eigenvalue weighted by molar-refractivity contribution is -0.134. The van der Waals surface area contributed by atoms with Crippen LogP contribution in [0.4, 0.5) is 0 Å². The third kappa shape index (κ3) is 3.03. The summed E-state index contributed by atoms with van der Waals surface area (Å²) in [6.07, 6.45) is 6.85. The molecule has 1 saturated carbocycles. The summed E-state index contributed by atoms with van der Waals surface area (Å²) in [6, 6.07) is 0. The van der Waals surface area contributed by atoms with Crippen molar-refractivity contribution in [3.8, 4) is 0 Å². The largest absolute Gasteiger partial charge is 0.388 e. The summed E-state index contributed by atoms with van der Waals surface area (Å²) in [6.45, 7) is 0.576. The Morgan fingerprint density at radius 2 is 2.24 bits per heavy atom. The quantitative estimate of drug-likeness (QED) is 0.804. The molecule has 1 fully saturated rings. The summed E-state index contributed by atoms with van der Waals surface area (Å²) in [5.41, 5.74) is -0.688. The third-order valence-electron chi connectivity index (χ3n) is 3.26. The molecule has 6 nitrogen and oxygen atoms in total. The summed E-state index contributed by atoms with van der Waals surface area (Å²) in [5, 5.41) is 17.6. The van der Waals surface area contributed by atoms with Crippen LogP contribution in [0.3, 0.4) is 0 Å². The molecule has 1 amide bonds. The second-order valence-electron chi connectivity index (χ2n) is 4.78. The highest BCUT2D eigenvalue weighted by Gasteiger charge is 2.33. The van der Waals surface area contributed by atoms with E-state index < -0.39 is 5.60 Å². The summed E-state index contributed by atoms with van der Waals surface area (Å²) < 4.78 is 1.48. The Labute approximate surface area is 100 Å². The number of nitrogens with zero attached hydrogens (tertiary/aromatic N) is 4. The number of carbonyl (C=O) groups is 1. The minimum absolute atomic E-state index is 0.0594. The van der Waals surface area contributed by atoms with Crippen LogP contribution in [-0.2, 0) is 11.3 Å². The predicted octanol–water partition coefficient (Wildman–Crippen LogP) is 0.0416. The van der Waals surface area contributed by atoms with E-state index in [0.29, 0.717) is 6.54 Å². The van der Waals surface area contributed by atoms with Crippen molar-refractivity contribution in [1.29, 1.82) is 0 Å². The zero-order valence-electron chi connectivity index (χ0n) is 10.0. The van der Waals surface area contributed by atoms with Gasteiger partial charge in [0.1, 0.15) is 6.54 Å². The van der Waals surface area contributed by atoms with Gasteiger partial charge in [0.15, 0.2) is 0 Å². The fourth-order valence-electron chi connectivity index (χ4n) is 2.30. The number of likely N-dealkylation sites (N-methyl/N-ethyl adjacent to an activating group) is 1. The van der Waals surface area contributed by atoms with Crippen molar-refractivity contribution in [3.63, 3.8) is 0 Å². The van der Waals surface area contributed by atoms with Gasteiger partial charge in [-0.05, 0) is 12.8 Å². The Morgan fingerprint density at radius 1 is 1.53 bits per heavy atom. The second-order valence-corrected chi connectivity index (χ2v) is 4.78. The molecule has 1 aromatic rings.